The van der Waals surface area contributed by atoms with Gasteiger partial charge < -0.3 is 5.32 Å². The molecule has 0 amide bonds. The Morgan fingerprint density at radius 3 is 2.60 bits per heavy atom. The smallest absolute Gasteiger partial charge is 0.128 e. The summed E-state index contributed by atoms with van der Waals surface area (Å²) in [5.74, 6) is -0.773. The van der Waals surface area contributed by atoms with Gasteiger partial charge in [-0.15, -0.1) is 0 Å². The average molecular weight is 276 g/mol. The van der Waals surface area contributed by atoms with Crippen molar-refractivity contribution in [2.24, 2.45) is 0 Å². The summed E-state index contributed by atoms with van der Waals surface area (Å²) in [5, 5.41) is 3.16. The Bertz CT molecular complexity index is 611. The molecule has 4 heteroatoms. The average Bonchev–Trinajstić information content (AvgIpc) is 2.40. The van der Waals surface area contributed by atoms with E-state index in [1.807, 2.05) is 32.0 Å². The van der Waals surface area contributed by atoms with E-state index in [9.17, 15) is 8.78 Å². The maximum atomic E-state index is 13.8. The predicted molar refractivity (Wildman–Crippen MR) is 75.3 cm³/mol. The third kappa shape index (κ3) is 3.39. The van der Waals surface area contributed by atoms with E-state index in [1.165, 1.54) is 12.1 Å². The van der Waals surface area contributed by atoms with Crippen LogP contribution in [0.5, 0.6) is 0 Å². The summed E-state index contributed by atoms with van der Waals surface area (Å²) >= 11 is 0. The summed E-state index contributed by atoms with van der Waals surface area (Å²) in [5.41, 5.74) is 2.47. The van der Waals surface area contributed by atoms with Gasteiger partial charge in [-0.2, -0.15) is 0 Å². The highest BCUT2D eigenvalue weighted by Crippen LogP contribution is 2.20. The van der Waals surface area contributed by atoms with Crippen LogP contribution in [0.4, 0.5) is 8.78 Å². The number of benzene rings is 1. The highest BCUT2D eigenvalue weighted by molar-refractivity contribution is 5.27. The van der Waals surface area contributed by atoms with E-state index in [-0.39, 0.29) is 17.7 Å². The van der Waals surface area contributed by atoms with Crippen molar-refractivity contribution in [1.29, 1.82) is 0 Å². The maximum absolute atomic E-state index is 13.8. The lowest BCUT2D eigenvalue weighted by atomic mass is 10.0. The minimum Gasteiger partial charge on any atom is -0.304 e. The van der Waals surface area contributed by atoms with Crippen molar-refractivity contribution in [2.75, 3.05) is 0 Å². The molecule has 0 aliphatic heterocycles. The molecular formula is C16H18F2N2. The Labute approximate surface area is 117 Å². The number of aryl methyl sites for hydroxylation is 2. The van der Waals surface area contributed by atoms with Crippen LogP contribution in [0.3, 0.4) is 0 Å². The third-order valence-corrected chi connectivity index (χ3v) is 3.28. The molecule has 0 aliphatic rings. The molecule has 106 valence electrons. The highest BCUT2D eigenvalue weighted by atomic mass is 19.1. The van der Waals surface area contributed by atoms with Crippen LogP contribution in [-0.2, 0) is 6.54 Å². The number of rotatable bonds is 4. The topological polar surface area (TPSA) is 24.9 Å². The molecule has 0 saturated carbocycles. The van der Waals surface area contributed by atoms with Gasteiger partial charge in [-0.3, -0.25) is 4.98 Å². The number of hydrogen-bond acceptors (Lipinski definition) is 2. The second-order valence-electron chi connectivity index (χ2n) is 5.00. The zero-order chi connectivity index (χ0) is 14.7. The largest absolute Gasteiger partial charge is 0.304 e. The third-order valence-electron chi connectivity index (χ3n) is 3.28. The fraction of sp³-hybridized carbons (Fsp3) is 0.312. The summed E-state index contributed by atoms with van der Waals surface area (Å²) < 4.78 is 27.4. The van der Waals surface area contributed by atoms with Crippen molar-refractivity contribution < 1.29 is 8.78 Å². The van der Waals surface area contributed by atoms with Gasteiger partial charge in [0.1, 0.15) is 11.6 Å². The molecule has 1 N–H and O–H groups in total. The van der Waals surface area contributed by atoms with Gasteiger partial charge in [0.2, 0.25) is 0 Å². The first kappa shape index (κ1) is 14.6. The van der Waals surface area contributed by atoms with Crippen LogP contribution < -0.4 is 5.32 Å². The van der Waals surface area contributed by atoms with E-state index in [4.69, 9.17) is 0 Å². The number of nitrogens with one attached hydrogen (secondary N) is 1. The summed E-state index contributed by atoms with van der Waals surface area (Å²) in [7, 11) is 0. The van der Waals surface area contributed by atoms with Crippen molar-refractivity contribution in [2.45, 2.75) is 33.4 Å². The van der Waals surface area contributed by atoms with Gasteiger partial charge in [-0.1, -0.05) is 6.07 Å². The second kappa shape index (κ2) is 6.09. The minimum absolute atomic E-state index is 0.285. The summed E-state index contributed by atoms with van der Waals surface area (Å²) in [6.07, 6.45) is 0. The minimum atomic E-state index is -0.388. The molecule has 0 bridgehead atoms. The van der Waals surface area contributed by atoms with Crippen molar-refractivity contribution >= 4 is 0 Å². The van der Waals surface area contributed by atoms with E-state index < -0.39 is 0 Å². The molecule has 1 aromatic heterocycles. The quantitative estimate of drug-likeness (QED) is 0.918. The number of aromatic nitrogens is 1. The number of halogens is 2. The normalized spacial score (nSPS) is 12.4. The highest BCUT2D eigenvalue weighted by Gasteiger charge is 2.13. The molecule has 2 aromatic rings. The number of nitrogens with zero attached hydrogens (tertiary/aromatic N) is 1. The SMILES string of the molecule is Cc1cccc(CNC(C)c2cc(F)c(C)cc2F)n1. The lowest BCUT2D eigenvalue weighted by molar-refractivity contribution is 0.513. The summed E-state index contributed by atoms with van der Waals surface area (Å²) in [4.78, 5) is 4.36. The lowest BCUT2D eigenvalue weighted by Crippen LogP contribution is -2.20. The molecule has 2 nitrogen and oxygen atoms in total. The van der Waals surface area contributed by atoms with Crippen LogP contribution in [-0.4, -0.2) is 4.98 Å². The second-order valence-corrected chi connectivity index (χ2v) is 5.00. The van der Waals surface area contributed by atoms with Gasteiger partial charge in [0.15, 0.2) is 0 Å². The first-order valence-electron chi connectivity index (χ1n) is 6.59. The number of hydrogen-bond donors (Lipinski definition) is 1. The standard InChI is InChI=1S/C16H18F2N2/c1-10-7-16(18)14(8-15(10)17)12(3)19-9-13-6-4-5-11(2)20-13/h4-8,12,19H,9H2,1-3H3. The first-order valence-corrected chi connectivity index (χ1v) is 6.59. The van der Waals surface area contributed by atoms with E-state index in [0.29, 0.717) is 17.7 Å². The Balaban J connectivity index is 2.09. The molecule has 0 radical (unpaired) electrons. The van der Waals surface area contributed by atoms with Crippen LogP contribution in [0.2, 0.25) is 0 Å². The molecule has 0 aliphatic carbocycles. The Morgan fingerprint density at radius 2 is 1.90 bits per heavy atom. The van der Waals surface area contributed by atoms with Crippen molar-refractivity contribution in [3.05, 3.63) is 64.5 Å². The Morgan fingerprint density at radius 1 is 1.15 bits per heavy atom. The number of pyridine rings is 1. The van der Waals surface area contributed by atoms with Gasteiger partial charge in [0.05, 0.1) is 5.69 Å². The van der Waals surface area contributed by atoms with E-state index in [1.54, 1.807) is 6.92 Å². The predicted octanol–water partition coefficient (Wildman–Crippen LogP) is 3.83. The zero-order valence-electron chi connectivity index (χ0n) is 11.9. The lowest BCUT2D eigenvalue weighted by Gasteiger charge is -2.15. The molecule has 1 aromatic carbocycles. The van der Waals surface area contributed by atoms with Crippen molar-refractivity contribution in [3.63, 3.8) is 0 Å². The van der Waals surface area contributed by atoms with Crippen LogP contribution in [0.25, 0.3) is 0 Å². The summed E-state index contributed by atoms with van der Waals surface area (Å²) in [6.45, 7) is 5.79. The van der Waals surface area contributed by atoms with Gasteiger partial charge in [-0.05, 0) is 50.6 Å². The van der Waals surface area contributed by atoms with Crippen LogP contribution >= 0.6 is 0 Å². The fourth-order valence-corrected chi connectivity index (χ4v) is 2.06. The molecule has 1 unspecified atom stereocenters. The maximum Gasteiger partial charge on any atom is 0.128 e. The van der Waals surface area contributed by atoms with Gasteiger partial charge in [0, 0.05) is 23.8 Å². The van der Waals surface area contributed by atoms with E-state index in [2.05, 4.69) is 10.3 Å². The van der Waals surface area contributed by atoms with Crippen LogP contribution in [0.1, 0.15) is 35.5 Å². The molecule has 1 atom stereocenters. The van der Waals surface area contributed by atoms with Crippen LogP contribution in [0.15, 0.2) is 30.3 Å². The van der Waals surface area contributed by atoms with Gasteiger partial charge >= 0.3 is 0 Å². The molecule has 0 saturated heterocycles. The molecule has 2 rings (SSSR count). The Hall–Kier alpha value is -1.81. The molecular weight excluding hydrogens is 258 g/mol. The van der Waals surface area contributed by atoms with Crippen LogP contribution in [0, 0.1) is 25.5 Å². The van der Waals surface area contributed by atoms with E-state index in [0.717, 1.165) is 11.4 Å². The van der Waals surface area contributed by atoms with Gasteiger partial charge in [-0.25, -0.2) is 8.78 Å². The zero-order valence-corrected chi connectivity index (χ0v) is 11.9. The summed E-state index contributed by atoms with van der Waals surface area (Å²) in [6, 6.07) is 7.95. The van der Waals surface area contributed by atoms with Crippen molar-refractivity contribution in [3.8, 4) is 0 Å². The molecule has 0 spiro atoms. The van der Waals surface area contributed by atoms with Gasteiger partial charge in [0.25, 0.3) is 0 Å². The fourth-order valence-electron chi connectivity index (χ4n) is 2.06. The molecule has 0 fully saturated rings. The first-order chi connectivity index (χ1) is 9.47. The van der Waals surface area contributed by atoms with E-state index >= 15 is 0 Å². The Kier molecular flexibility index (Phi) is 4.45. The molecule has 20 heavy (non-hydrogen) atoms. The van der Waals surface area contributed by atoms with Crippen molar-refractivity contribution in [1.82, 2.24) is 10.3 Å². The molecule has 1 heterocycles. The monoisotopic (exact) mass is 276 g/mol.